The lowest BCUT2D eigenvalue weighted by Crippen LogP contribution is -2.39. The van der Waals surface area contributed by atoms with Crippen LogP contribution in [-0.2, 0) is 4.74 Å². The molecule has 0 amide bonds. The highest BCUT2D eigenvalue weighted by Gasteiger charge is 2.30. The van der Waals surface area contributed by atoms with E-state index < -0.39 is 0 Å². The van der Waals surface area contributed by atoms with Crippen LogP contribution in [0, 0.1) is 5.92 Å². The van der Waals surface area contributed by atoms with Crippen LogP contribution in [0.1, 0.15) is 57.9 Å². The van der Waals surface area contributed by atoms with Crippen molar-refractivity contribution in [3.63, 3.8) is 0 Å². The highest BCUT2D eigenvalue weighted by Crippen LogP contribution is 2.37. The van der Waals surface area contributed by atoms with Gasteiger partial charge in [0.1, 0.15) is 0 Å². The SMILES string of the molecule is CNC1CCC(c2ccccc2)CC1CCOC(C)(C)C. The van der Waals surface area contributed by atoms with E-state index in [0.717, 1.165) is 24.9 Å². The Morgan fingerprint density at radius 3 is 2.48 bits per heavy atom. The number of hydrogen-bond acceptors (Lipinski definition) is 2. The Kier molecular flexibility index (Phi) is 5.83. The van der Waals surface area contributed by atoms with Crippen LogP contribution in [-0.4, -0.2) is 25.3 Å². The number of ether oxygens (including phenoxy) is 1. The lowest BCUT2D eigenvalue weighted by molar-refractivity contribution is -0.0133. The van der Waals surface area contributed by atoms with E-state index in [1.165, 1.54) is 24.8 Å². The van der Waals surface area contributed by atoms with Crippen molar-refractivity contribution in [3.8, 4) is 0 Å². The molecule has 1 saturated carbocycles. The van der Waals surface area contributed by atoms with Crippen LogP contribution in [0.2, 0.25) is 0 Å². The minimum absolute atomic E-state index is 0.0252. The van der Waals surface area contributed by atoms with Crippen LogP contribution in [0.5, 0.6) is 0 Å². The molecule has 2 nitrogen and oxygen atoms in total. The summed E-state index contributed by atoms with van der Waals surface area (Å²) in [6, 6.07) is 11.7. The Labute approximate surface area is 130 Å². The minimum atomic E-state index is -0.0252. The lowest BCUT2D eigenvalue weighted by atomic mass is 9.74. The van der Waals surface area contributed by atoms with Gasteiger partial charge in [-0.2, -0.15) is 0 Å². The van der Waals surface area contributed by atoms with Crippen LogP contribution in [0.4, 0.5) is 0 Å². The van der Waals surface area contributed by atoms with Crippen LogP contribution in [0.25, 0.3) is 0 Å². The number of rotatable bonds is 5. The van der Waals surface area contributed by atoms with Crippen molar-refractivity contribution >= 4 is 0 Å². The third-order valence-electron chi connectivity index (χ3n) is 4.65. The summed E-state index contributed by atoms with van der Waals surface area (Å²) < 4.78 is 5.94. The van der Waals surface area contributed by atoms with E-state index in [1.54, 1.807) is 0 Å². The second kappa shape index (κ2) is 7.42. The second-order valence-corrected chi connectivity index (χ2v) is 7.33. The first-order valence-corrected chi connectivity index (χ1v) is 8.36. The molecule has 2 rings (SSSR count). The van der Waals surface area contributed by atoms with Crippen LogP contribution in [0.3, 0.4) is 0 Å². The smallest absolute Gasteiger partial charge is 0.0598 e. The third-order valence-corrected chi connectivity index (χ3v) is 4.65. The van der Waals surface area contributed by atoms with Gasteiger partial charge >= 0.3 is 0 Å². The molecule has 0 bridgehead atoms. The van der Waals surface area contributed by atoms with Crippen LogP contribution >= 0.6 is 0 Å². The molecule has 0 aliphatic heterocycles. The van der Waals surface area contributed by atoms with E-state index in [2.05, 4.69) is 63.5 Å². The normalized spacial score (nSPS) is 26.8. The van der Waals surface area contributed by atoms with Gasteiger partial charge in [0.05, 0.1) is 5.60 Å². The zero-order chi connectivity index (χ0) is 15.3. The molecule has 118 valence electrons. The van der Waals surface area contributed by atoms with E-state index >= 15 is 0 Å². The molecule has 1 N–H and O–H groups in total. The van der Waals surface area contributed by atoms with Crippen molar-refractivity contribution in [1.82, 2.24) is 5.32 Å². The molecule has 3 atom stereocenters. The summed E-state index contributed by atoms with van der Waals surface area (Å²) in [6.45, 7) is 7.27. The lowest BCUT2D eigenvalue weighted by Gasteiger charge is -2.37. The zero-order valence-electron chi connectivity index (χ0n) is 14.1. The van der Waals surface area contributed by atoms with E-state index in [1.807, 2.05) is 0 Å². The fourth-order valence-electron chi connectivity index (χ4n) is 3.51. The molecule has 0 spiro atoms. The maximum Gasteiger partial charge on any atom is 0.0598 e. The molecule has 0 aromatic heterocycles. The molecule has 0 radical (unpaired) electrons. The van der Waals surface area contributed by atoms with Crippen molar-refractivity contribution in [2.45, 2.75) is 64.0 Å². The van der Waals surface area contributed by atoms with Gasteiger partial charge in [-0.15, -0.1) is 0 Å². The van der Waals surface area contributed by atoms with Crippen molar-refractivity contribution in [1.29, 1.82) is 0 Å². The van der Waals surface area contributed by atoms with Crippen LogP contribution in [0.15, 0.2) is 30.3 Å². The van der Waals surface area contributed by atoms with Gasteiger partial charge in [0, 0.05) is 12.6 Å². The molecule has 1 aromatic carbocycles. The predicted molar refractivity (Wildman–Crippen MR) is 89.7 cm³/mol. The Bertz CT molecular complexity index is 409. The van der Waals surface area contributed by atoms with Crippen molar-refractivity contribution in [2.24, 2.45) is 5.92 Å². The predicted octanol–water partition coefficient (Wildman–Crippen LogP) is 4.36. The highest BCUT2D eigenvalue weighted by molar-refractivity contribution is 5.20. The number of hydrogen-bond donors (Lipinski definition) is 1. The summed E-state index contributed by atoms with van der Waals surface area (Å²) in [6.07, 6.45) is 5.01. The summed E-state index contributed by atoms with van der Waals surface area (Å²) in [5.41, 5.74) is 1.48. The summed E-state index contributed by atoms with van der Waals surface area (Å²) in [4.78, 5) is 0. The first-order chi connectivity index (χ1) is 9.99. The summed E-state index contributed by atoms with van der Waals surface area (Å²) in [7, 11) is 2.10. The Hall–Kier alpha value is -0.860. The molecular formula is C19H31NO. The average molecular weight is 289 g/mol. The average Bonchev–Trinajstić information content (AvgIpc) is 2.47. The standard InChI is InChI=1S/C19H31NO/c1-19(2,3)21-13-12-17-14-16(10-11-18(17)20-4)15-8-6-5-7-9-15/h5-9,16-18,20H,10-14H2,1-4H3. The molecule has 0 saturated heterocycles. The fourth-order valence-corrected chi connectivity index (χ4v) is 3.51. The largest absolute Gasteiger partial charge is 0.376 e. The molecule has 1 fully saturated rings. The summed E-state index contributed by atoms with van der Waals surface area (Å²) >= 11 is 0. The van der Waals surface area contributed by atoms with E-state index in [4.69, 9.17) is 4.74 Å². The molecule has 1 aliphatic carbocycles. The minimum Gasteiger partial charge on any atom is -0.376 e. The topological polar surface area (TPSA) is 21.3 Å². The molecule has 0 heterocycles. The zero-order valence-corrected chi connectivity index (χ0v) is 14.1. The van der Waals surface area contributed by atoms with Gasteiger partial charge in [-0.3, -0.25) is 0 Å². The molecular weight excluding hydrogens is 258 g/mol. The molecule has 21 heavy (non-hydrogen) atoms. The van der Waals surface area contributed by atoms with Gasteiger partial charge in [-0.25, -0.2) is 0 Å². The summed E-state index contributed by atoms with van der Waals surface area (Å²) in [5, 5.41) is 3.52. The second-order valence-electron chi connectivity index (χ2n) is 7.33. The molecule has 2 heteroatoms. The Morgan fingerprint density at radius 2 is 1.86 bits per heavy atom. The number of benzene rings is 1. The molecule has 1 aromatic rings. The summed E-state index contributed by atoms with van der Waals surface area (Å²) in [5.74, 6) is 1.44. The van der Waals surface area contributed by atoms with E-state index in [9.17, 15) is 0 Å². The maximum absolute atomic E-state index is 5.94. The first kappa shape index (κ1) is 16.5. The van der Waals surface area contributed by atoms with Crippen molar-refractivity contribution in [3.05, 3.63) is 35.9 Å². The molecule has 1 aliphatic rings. The van der Waals surface area contributed by atoms with Gasteiger partial charge in [-0.1, -0.05) is 30.3 Å². The Balaban J connectivity index is 1.93. The van der Waals surface area contributed by atoms with Gasteiger partial charge in [-0.05, 0) is 70.9 Å². The monoisotopic (exact) mass is 289 g/mol. The Morgan fingerprint density at radius 1 is 1.14 bits per heavy atom. The van der Waals surface area contributed by atoms with Gasteiger partial charge < -0.3 is 10.1 Å². The fraction of sp³-hybridized carbons (Fsp3) is 0.684. The molecule has 3 unspecified atom stereocenters. The van der Waals surface area contributed by atoms with Gasteiger partial charge in [0.15, 0.2) is 0 Å². The van der Waals surface area contributed by atoms with Crippen molar-refractivity contribution < 1.29 is 4.74 Å². The quantitative estimate of drug-likeness (QED) is 0.869. The highest BCUT2D eigenvalue weighted by atomic mass is 16.5. The van der Waals surface area contributed by atoms with Crippen LogP contribution < -0.4 is 5.32 Å². The van der Waals surface area contributed by atoms with Gasteiger partial charge in [0.2, 0.25) is 0 Å². The first-order valence-electron chi connectivity index (χ1n) is 8.36. The van der Waals surface area contributed by atoms with E-state index in [-0.39, 0.29) is 5.60 Å². The van der Waals surface area contributed by atoms with Gasteiger partial charge in [0.25, 0.3) is 0 Å². The number of nitrogens with one attached hydrogen (secondary N) is 1. The van der Waals surface area contributed by atoms with Crippen molar-refractivity contribution in [2.75, 3.05) is 13.7 Å². The third kappa shape index (κ3) is 5.12. The maximum atomic E-state index is 5.94. The van der Waals surface area contributed by atoms with E-state index in [0.29, 0.717) is 6.04 Å².